The third-order valence-electron chi connectivity index (χ3n) is 2.00. The maximum Gasteiger partial charge on any atom is 0.257 e. The van der Waals surface area contributed by atoms with Crippen molar-refractivity contribution < 1.29 is 9.18 Å². The zero-order valence-electron chi connectivity index (χ0n) is 8.50. The second-order valence-corrected chi connectivity index (χ2v) is 3.78. The summed E-state index contributed by atoms with van der Waals surface area (Å²) >= 11 is 11.1. The molecule has 1 aromatic rings. The highest BCUT2D eigenvalue weighted by molar-refractivity contribution is 6.18. The van der Waals surface area contributed by atoms with Gasteiger partial charge in [-0.15, -0.1) is 23.2 Å². The number of carbonyl (C=O) groups is 1. The van der Waals surface area contributed by atoms with Crippen molar-refractivity contribution in [1.82, 2.24) is 9.88 Å². The average molecular weight is 265 g/mol. The molecule has 0 aliphatic carbocycles. The molecule has 1 aromatic heterocycles. The maximum absolute atomic E-state index is 13.3. The highest BCUT2D eigenvalue weighted by Gasteiger charge is 2.18. The minimum Gasteiger partial charge on any atom is -0.336 e. The van der Waals surface area contributed by atoms with Crippen molar-refractivity contribution in [1.29, 1.82) is 0 Å². The van der Waals surface area contributed by atoms with Gasteiger partial charge in [-0.05, 0) is 6.07 Å². The fourth-order valence-corrected chi connectivity index (χ4v) is 1.65. The summed E-state index contributed by atoms with van der Waals surface area (Å²) in [5.41, 5.74) is -0.00904. The van der Waals surface area contributed by atoms with E-state index in [9.17, 15) is 9.18 Å². The molecule has 16 heavy (non-hydrogen) atoms. The fraction of sp³-hybridized carbons (Fsp3) is 0.400. The monoisotopic (exact) mass is 264 g/mol. The first kappa shape index (κ1) is 13.2. The van der Waals surface area contributed by atoms with Crippen LogP contribution in [0.3, 0.4) is 0 Å². The molecule has 1 heterocycles. The predicted octanol–water partition coefficient (Wildman–Crippen LogP) is 2.14. The van der Waals surface area contributed by atoms with Gasteiger partial charge in [0, 0.05) is 31.0 Å². The Kier molecular flexibility index (Phi) is 5.49. The van der Waals surface area contributed by atoms with Gasteiger partial charge in [-0.3, -0.25) is 9.78 Å². The van der Waals surface area contributed by atoms with Gasteiger partial charge in [0.15, 0.2) is 5.82 Å². The number of hydrogen-bond donors (Lipinski definition) is 0. The first-order valence-corrected chi connectivity index (χ1v) is 5.78. The Labute approximate surface area is 103 Å². The van der Waals surface area contributed by atoms with Crippen LogP contribution in [0.15, 0.2) is 18.5 Å². The number of halogens is 3. The van der Waals surface area contributed by atoms with E-state index in [2.05, 4.69) is 4.98 Å². The summed E-state index contributed by atoms with van der Waals surface area (Å²) in [5.74, 6) is -0.479. The molecule has 3 nitrogen and oxygen atoms in total. The van der Waals surface area contributed by atoms with Crippen LogP contribution in [-0.4, -0.2) is 40.6 Å². The van der Waals surface area contributed by atoms with E-state index in [1.54, 1.807) is 0 Å². The summed E-state index contributed by atoms with van der Waals surface area (Å²) in [6, 6.07) is 1.34. The molecule has 1 rings (SSSR count). The van der Waals surface area contributed by atoms with E-state index in [1.165, 1.54) is 17.2 Å². The average Bonchev–Trinajstić information content (AvgIpc) is 2.28. The molecule has 1 amide bonds. The molecule has 0 radical (unpaired) electrons. The maximum atomic E-state index is 13.3. The van der Waals surface area contributed by atoms with Gasteiger partial charge in [0.05, 0.1) is 11.8 Å². The summed E-state index contributed by atoms with van der Waals surface area (Å²) in [7, 11) is 0. The molecule has 0 spiro atoms. The smallest absolute Gasteiger partial charge is 0.257 e. The molecule has 0 bridgehead atoms. The number of pyridine rings is 1. The summed E-state index contributed by atoms with van der Waals surface area (Å²) < 4.78 is 13.3. The topological polar surface area (TPSA) is 33.2 Å². The number of alkyl halides is 2. The Morgan fingerprint density at radius 3 is 2.50 bits per heavy atom. The predicted molar refractivity (Wildman–Crippen MR) is 61.5 cm³/mol. The first-order valence-electron chi connectivity index (χ1n) is 4.71. The van der Waals surface area contributed by atoms with Crippen molar-refractivity contribution >= 4 is 29.1 Å². The normalized spacial score (nSPS) is 10.2. The van der Waals surface area contributed by atoms with Crippen LogP contribution < -0.4 is 0 Å². The molecule has 0 aromatic carbocycles. The highest BCUT2D eigenvalue weighted by atomic mass is 35.5. The van der Waals surface area contributed by atoms with Crippen LogP contribution in [0, 0.1) is 5.82 Å². The SMILES string of the molecule is O=C(c1ccncc1F)N(CCCl)CCCl. The number of nitrogens with zero attached hydrogens (tertiary/aromatic N) is 2. The summed E-state index contributed by atoms with van der Waals surface area (Å²) in [4.78, 5) is 16.9. The van der Waals surface area contributed by atoms with Crippen molar-refractivity contribution in [3.05, 3.63) is 29.8 Å². The van der Waals surface area contributed by atoms with Gasteiger partial charge in [-0.2, -0.15) is 0 Å². The molecule has 0 saturated carbocycles. The summed E-state index contributed by atoms with van der Waals surface area (Å²) in [6.07, 6.45) is 2.38. The Morgan fingerprint density at radius 1 is 1.38 bits per heavy atom. The third kappa shape index (κ3) is 3.32. The van der Waals surface area contributed by atoms with E-state index in [0.29, 0.717) is 13.1 Å². The van der Waals surface area contributed by atoms with E-state index < -0.39 is 11.7 Å². The first-order chi connectivity index (χ1) is 7.70. The number of rotatable bonds is 5. The molecule has 0 N–H and O–H groups in total. The van der Waals surface area contributed by atoms with Gasteiger partial charge in [0.2, 0.25) is 0 Å². The van der Waals surface area contributed by atoms with Gasteiger partial charge in [-0.1, -0.05) is 0 Å². The van der Waals surface area contributed by atoms with E-state index in [4.69, 9.17) is 23.2 Å². The second kappa shape index (κ2) is 6.66. The Morgan fingerprint density at radius 2 is 2.00 bits per heavy atom. The fourth-order valence-electron chi connectivity index (χ4n) is 1.24. The lowest BCUT2D eigenvalue weighted by Gasteiger charge is -2.20. The quantitative estimate of drug-likeness (QED) is 0.764. The molecule has 0 aliphatic rings. The lowest BCUT2D eigenvalue weighted by atomic mass is 10.2. The number of amides is 1. The van der Waals surface area contributed by atoms with Gasteiger partial charge in [0.25, 0.3) is 5.91 Å². The van der Waals surface area contributed by atoms with Gasteiger partial charge in [0.1, 0.15) is 0 Å². The Hall–Kier alpha value is -0.870. The zero-order valence-corrected chi connectivity index (χ0v) is 10.0. The minimum absolute atomic E-state index is 0.00904. The molecule has 0 saturated heterocycles. The Bertz CT molecular complexity index is 356. The lowest BCUT2D eigenvalue weighted by Crippen LogP contribution is -2.35. The van der Waals surface area contributed by atoms with Crippen LogP contribution in [-0.2, 0) is 0 Å². The van der Waals surface area contributed by atoms with Crippen LogP contribution in [0.4, 0.5) is 4.39 Å². The summed E-state index contributed by atoms with van der Waals surface area (Å²) in [5, 5.41) is 0. The number of carbonyl (C=O) groups excluding carboxylic acids is 1. The second-order valence-electron chi connectivity index (χ2n) is 3.03. The summed E-state index contributed by atoms with van der Waals surface area (Å²) in [6.45, 7) is 0.684. The zero-order chi connectivity index (χ0) is 12.0. The van der Waals surface area contributed by atoms with E-state index in [-0.39, 0.29) is 17.3 Å². The molecular weight excluding hydrogens is 254 g/mol. The lowest BCUT2D eigenvalue weighted by molar-refractivity contribution is 0.0770. The van der Waals surface area contributed by atoms with Crippen LogP contribution in [0.2, 0.25) is 0 Å². The largest absolute Gasteiger partial charge is 0.336 e. The van der Waals surface area contributed by atoms with Gasteiger partial charge < -0.3 is 4.90 Å². The van der Waals surface area contributed by atoms with Crippen molar-refractivity contribution in [2.24, 2.45) is 0 Å². The molecule has 0 unspecified atom stereocenters. The van der Waals surface area contributed by atoms with E-state index >= 15 is 0 Å². The minimum atomic E-state index is -0.637. The van der Waals surface area contributed by atoms with E-state index in [1.807, 2.05) is 0 Å². The number of hydrogen-bond acceptors (Lipinski definition) is 2. The van der Waals surface area contributed by atoms with Gasteiger partial charge in [-0.25, -0.2) is 4.39 Å². The molecule has 0 fully saturated rings. The molecule has 6 heteroatoms. The van der Waals surface area contributed by atoms with Crippen LogP contribution in [0.1, 0.15) is 10.4 Å². The Balaban J connectivity index is 2.85. The molecule has 0 aliphatic heterocycles. The van der Waals surface area contributed by atoms with Crippen LogP contribution in [0.5, 0.6) is 0 Å². The van der Waals surface area contributed by atoms with Crippen molar-refractivity contribution in [2.45, 2.75) is 0 Å². The number of aromatic nitrogens is 1. The third-order valence-corrected chi connectivity index (χ3v) is 2.34. The van der Waals surface area contributed by atoms with Gasteiger partial charge >= 0.3 is 0 Å². The van der Waals surface area contributed by atoms with Crippen molar-refractivity contribution in [3.63, 3.8) is 0 Å². The van der Waals surface area contributed by atoms with Crippen LogP contribution in [0.25, 0.3) is 0 Å². The standard InChI is InChI=1S/C10H11Cl2FN2O/c11-2-5-15(6-3-12)10(16)8-1-4-14-7-9(8)13/h1,4,7H,2-3,5-6H2. The molecular formula is C10H11Cl2FN2O. The molecule has 0 atom stereocenters. The van der Waals surface area contributed by atoms with Crippen molar-refractivity contribution in [2.75, 3.05) is 24.8 Å². The highest BCUT2D eigenvalue weighted by Crippen LogP contribution is 2.09. The molecule has 88 valence electrons. The van der Waals surface area contributed by atoms with Crippen LogP contribution >= 0.6 is 23.2 Å². The van der Waals surface area contributed by atoms with E-state index in [0.717, 1.165) is 6.20 Å². The van der Waals surface area contributed by atoms with Crippen molar-refractivity contribution in [3.8, 4) is 0 Å².